The van der Waals surface area contributed by atoms with Crippen LogP contribution in [0, 0.1) is 10.1 Å². The average Bonchev–Trinajstić information content (AvgIpc) is 2.51. The molecule has 0 heterocycles. The molecule has 0 aromatic heterocycles. The van der Waals surface area contributed by atoms with E-state index in [1.54, 1.807) is 18.2 Å². The first kappa shape index (κ1) is 16.8. The molecular weight excluding hydrogens is 368 g/mol. The second kappa shape index (κ2) is 7.10. The fourth-order valence-electron chi connectivity index (χ4n) is 1.76. The van der Waals surface area contributed by atoms with Crippen LogP contribution >= 0.6 is 15.9 Å². The number of carbonyl (C=O) groups is 1. The van der Waals surface area contributed by atoms with Crippen LogP contribution in [0.25, 0.3) is 0 Å². The Kier molecular flexibility index (Phi) is 5.17. The minimum atomic E-state index is -0.868. The summed E-state index contributed by atoms with van der Waals surface area (Å²) in [6.07, 6.45) is -0.868. The van der Waals surface area contributed by atoms with E-state index in [1.807, 2.05) is 6.07 Å². The maximum Gasteiger partial charge on any atom is 0.271 e. The molecular formula is C15H13BrN2O5. The third kappa shape index (κ3) is 4.19. The van der Waals surface area contributed by atoms with Crippen LogP contribution in [0.2, 0.25) is 0 Å². The minimum absolute atomic E-state index is 0.0493. The largest absolute Gasteiger partial charge is 0.506 e. The smallest absolute Gasteiger partial charge is 0.271 e. The number of halogens is 1. The number of phenols is 1. The molecule has 8 heteroatoms. The van der Waals surface area contributed by atoms with Gasteiger partial charge in [-0.1, -0.05) is 12.1 Å². The number of rotatable bonds is 5. The Balaban J connectivity index is 2.11. The number of aromatic hydroxyl groups is 1. The van der Waals surface area contributed by atoms with Crippen molar-refractivity contribution in [1.82, 2.24) is 0 Å². The van der Waals surface area contributed by atoms with E-state index in [4.69, 9.17) is 4.74 Å². The van der Waals surface area contributed by atoms with Crippen molar-refractivity contribution in [2.24, 2.45) is 0 Å². The third-order valence-corrected chi connectivity index (χ3v) is 3.61. The lowest BCUT2D eigenvalue weighted by atomic mass is 10.2. The highest BCUT2D eigenvalue weighted by Gasteiger charge is 2.19. The number of anilines is 1. The molecule has 120 valence electrons. The molecule has 1 atom stereocenters. The number of nitro benzene ring substituents is 1. The minimum Gasteiger partial charge on any atom is -0.506 e. The average molecular weight is 381 g/mol. The first-order valence-corrected chi connectivity index (χ1v) is 7.37. The molecule has 0 aliphatic heterocycles. The zero-order valence-corrected chi connectivity index (χ0v) is 13.6. The SMILES string of the molecule is CC(Oc1ccccc1Br)C(=O)Nc1cc([N+](=O)[O-])ccc1O. The summed E-state index contributed by atoms with van der Waals surface area (Å²) < 4.78 is 6.21. The molecule has 0 fully saturated rings. The molecule has 23 heavy (non-hydrogen) atoms. The highest BCUT2D eigenvalue weighted by Crippen LogP contribution is 2.29. The summed E-state index contributed by atoms with van der Waals surface area (Å²) in [6, 6.07) is 10.4. The van der Waals surface area contributed by atoms with Crippen LogP contribution in [0.5, 0.6) is 11.5 Å². The topological polar surface area (TPSA) is 102 Å². The van der Waals surface area contributed by atoms with Crippen molar-refractivity contribution in [1.29, 1.82) is 0 Å². The van der Waals surface area contributed by atoms with Crippen LogP contribution in [-0.4, -0.2) is 22.0 Å². The van der Waals surface area contributed by atoms with Gasteiger partial charge in [0.05, 0.1) is 15.1 Å². The molecule has 0 saturated heterocycles. The van der Waals surface area contributed by atoms with Crippen molar-refractivity contribution >= 4 is 33.2 Å². The lowest BCUT2D eigenvalue weighted by Crippen LogP contribution is -2.30. The van der Waals surface area contributed by atoms with E-state index in [-0.39, 0.29) is 17.1 Å². The van der Waals surface area contributed by atoms with E-state index in [9.17, 15) is 20.0 Å². The molecule has 2 aromatic rings. The van der Waals surface area contributed by atoms with Gasteiger partial charge in [-0.3, -0.25) is 14.9 Å². The molecule has 0 aliphatic rings. The molecule has 2 aromatic carbocycles. The summed E-state index contributed by atoms with van der Waals surface area (Å²) in [7, 11) is 0. The van der Waals surface area contributed by atoms with Crippen molar-refractivity contribution in [2.45, 2.75) is 13.0 Å². The predicted molar refractivity (Wildman–Crippen MR) is 87.6 cm³/mol. The highest BCUT2D eigenvalue weighted by molar-refractivity contribution is 9.10. The van der Waals surface area contributed by atoms with Crippen LogP contribution < -0.4 is 10.1 Å². The molecule has 0 radical (unpaired) electrons. The van der Waals surface area contributed by atoms with Gasteiger partial charge in [0.25, 0.3) is 11.6 Å². The fraction of sp³-hybridized carbons (Fsp3) is 0.133. The molecule has 1 amide bonds. The number of benzene rings is 2. The summed E-state index contributed by atoms with van der Waals surface area (Å²) >= 11 is 3.31. The van der Waals surface area contributed by atoms with Gasteiger partial charge in [0.2, 0.25) is 0 Å². The Labute approximate surface area is 140 Å². The number of hydrogen-bond acceptors (Lipinski definition) is 5. The van der Waals surface area contributed by atoms with Gasteiger partial charge in [-0.2, -0.15) is 0 Å². The number of nitro groups is 1. The Morgan fingerprint density at radius 2 is 2.04 bits per heavy atom. The number of carbonyl (C=O) groups excluding carboxylic acids is 1. The summed E-state index contributed by atoms with van der Waals surface area (Å²) in [6.45, 7) is 1.53. The van der Waals surface area contributed by atoms with Gasteiger partial charge in [-0.05, 0) is 41.1 Å². The predicted octanol–water partition coefficient (Wildman–Crippen LogP) is 3.47. The zero-order chi connectivity index (χ0) is 17.0. The van der Waals surface area contributed by atoms with Gasteiger partial charge < -0.3 is 15.2 Å². The van der Waals surface area contributed by atoms with E-state index in [2.05, 4.69) is 21.2 Å². The summed E-state index contributed by atoms with van der Waals surface area (Å²) in [5.74, 6) is -0.327. The molecule has 2 N–H and O–H groups in total. The Morgan fingerprint density at radius 3 is 2.70 bits per heavy atom. The molecule has 0 bridgehead atoms. The number of phenolic OH excluding ortho intramolecular Hbond substituents is 1. The van der Waals surface area contributed by atoms with Crippen molar-refractivity contribution < 1.29 is 19.6 Å². The Hall–Kier alpha value is -2.61. The number of ether oxygens (including phenoxy) is 1. The lowest BCUT2D eigenvalue weighted by molar-refractivity contribution is -0.384. The second-order valence-electron chi connectivity index (χ2n) is 4.64. The quantitative estimate of drug-likeness (QED) is 0.469. The molecule has 2 rings (SSSR count). The molecule has 0 saturated carbocycles. The maximum atomic E-state index is 12.1. The fourth-order valence-corrected chi connectivity index (χ4v) is 2.13. The number of non-ortho nitro benzene ring substituents is 1. The van der Waals surface area contributed by atoms with Crippen LogP contribution in [0.4, 0.5) is 11.4 Å². The van der Waals surface area contributed by atoms with Gasteiger partial charge in [0.1, 0.15) is 11.5 Å². The van der Waals surface area contributed by atoms with E-state index in [1.165, 1.54) is 6.92 Å². The highest BCUT2D eigenvalue weighted by atomic mass is 79.9. The number of hydrogen-bond donors (Lipinski definition) is 2. The molecule has 1 unspecified atom stereocenters. The van der Waals surface area contributed by atoms with Crippen LogP contribution in [-0.2, 0) is 4.79 Å². The van der Waals surface area contributed by atoms with Crippen molar-refractivity contribution in [3.8, 4) is 11.5 Å². The number of para-hydroxylation sites is 1. The van der Waals surface area contributed by atoms with E-state index < -0.39 is 16.9 Å². The van der Waals surface area contributed by atoms with Crippen molar-refractivity contribution in [2.75, 3.05) is 5.32 Å². The van der Waals surface area contributed by atoms with Gasteiger partial charge in [-0.15, -0.1) is 0 Å². The van der Waals surface area contributed by atoms with E-state index >= 15 is 0 Å². The van der Waals surface area contributed by atoms with Gasteiger partial charge in [-0.25, -0.2) is 0 Å². The van der Waals surface area contributed by atoms with Gasteiger partial charge >= 0.3 is 0 Å². The molecule has 7 nitrogen and oxygen atoms in total. The monoisotopic (exact) mass is 380 g/mol. The Bertz CT molecular complexity index is 750. The molecule has 0 aliphatic carbocycles. The summed E-state index contributed by atoms with van der Waals surface area (Å²) in [4.78, 5) is 22.3. The van der Waals surface area contributed by atoms with Crippen LogP contribution in [0.1, 0.15) is 6.92 Å². The normalized spacial score (nSPS) is 11.6. The first-order valence-electron chi connectivity index (χ1n) is 6.58. The second-order valence-corrected chi connectivity index (χ2v) is 5.49. The third-order valence-electron chi connectivity index (χ3n) is 2.96. The zero-order valence-electron chi connectivity index (χ0n) is 12.0. The van der Waals surface area contributed by atoms with E-state index in [0.29, 0.717) is 10.2 Å². The number of amides is 1. The number of nitrogens with one attached hydrogen (secondary N) is 1. The van der Waals surface area contributed by atoms with Crippen molar-refractivity contribution in [3.05, 3.63) is 57.1 Å². The summed E-state index contributed by atoms with van der Waals surface area (Å²) in [5.41, 5.74) is -0.288. The van der Waals surface area contributed by atoms with Gasteiger partial charge in [0.15, 0.2) is 6.10 Å². The molecule has 0 spiro atoms. The standard InChI is InChI=1S/C15H13BrN2O5/c1-9(23-14-5-3-2-4-11(14)16)15(20)17-12-8-10(18(21)22)6-7-13(12)19/h2-9,19H,1H3,(H,17,20). The Morgan fingerprint density at radius 1 is 1.35 bits per heavy atom. The van der Waals surface area contributed by atoms with E-state index in [0.717, 1.165) is 18.2 Å². The van der Waals surface area contributed by atoms with Gasteiger partial charge in [0, 0.05) is 12.1 Å². The summed E-state index contributed by atoms with van der Waals surface area (Å²) in [5, 5.41) is 22.9. The number of nitrogens with zero attached hydrogens (tertiary/aromatic N) is 1. The van der Waals surface area contributed by atoms with Crippen LogP contribution in [0.15, 0.2) is 46.9 Å². The van der Waals surface area contributed by atoms with Crippen molar-refractivity contribution in [3.63, 3.8) is 0 Å². The first-order chi connectivity index (χ1) is 10.9. The maximum absolute atomic E-state index is 12.1. The van der Waals surface area contributed by atoms with Crippen LogP contribution in [0.3, 0.4) is 0 Å². The lowest BCUT2D eigenvalue weighted by Gasteiger charge is -2.16.